The maximum atomic E-state index is 12.5. The largest absolute Gasteiger partial charge is 0.465 e. The van der Waals surface area contributed by atoms with Crippen molar-refractivity contribution in [1.29, 1.82) is 0 Å². The number of ether oxygens (including phenoxy) is 1. The molecule has 160 valence electrons. The van der Waals surface area contributed by atoms with Crippen LogP contribution in [-0.4, -0.2) is 55.5 Å². The molecule has 0 radical (unpaired) electrons. The summed E-state index contributed by atoms with van der Waals surface area (Å²) in [7, 11) is 0. The van der Waals surface area contributed by atoms with Crippen LogP contribution in [0.4, 0.5) is 0 Å². The summed E-state index contributed by atoms with van der Waals surface area (Å²) in [4.78, 5) is 40.2. The molecule has 0 aliphatic rings. The first-order valence-corrected chi connectivity index (χ1v) is 9.42. The van der Waals surface area contributed by atoms with E-state index in [1.807, 2.05) is 30.3 Å². The lowest BCUT2D eigenvalue weighted by Crippen LogP contribution is -2.52. The Bertz CT molecular complexity index is 691. The number of esters is 1. The number of benzene rings is 1. The summed E-state index contributed by atoms with van der Waals surface area (Å²) in [6.07, 6.45) is 1.05. The van der Waals surface area contributed by atoms with Crippen LogP contribution in [-0.2, 0) is 25.5 Å². The predicted octanol–water partition coefficient (Wildman–Crippen LogP) is -1.23. The number of nitrogens with two attached hydrogens (primary N) is 3. The molecular weight excluding hydrogens is 376 g/mol. The van der Waals surface area contributed by atoms with Gasteiger partial charge >= 0.3 is 5.97 Å². The summed E-state index contributed by atoms with van der Waals surface area (Å²) in [6.45, 7) is 1.89. The molecule has 8 N–H and O–H groups in total. The van der Waals surface area contributed by atoms with Gasteiger partial charge in [0.1, 0.15) is 12.6 Å². The molecule has 2 unspecified atom stereocenters. The molecule has 0 saturated carbocycles. The summed E-state index contributed by atoms with van der Waals surface area (Å²) in [5.41, 5.74) is 17.5. The maximum Gasteiger partial charge on any atom is 0.325 e. The number of guanidine groups is 1. The average molecular weight is 406 g/mol. The quantitative estimate of drug-likeness (QED) is 0.125. The molecule has 1 rings (SSSR count). The van der Waals surface area contributed by atoms with E-state index in [-0.39, 0.29) is 25.5 Å². The lowest BCUT2D eigenvalue weighted by molar-refractivity contribution is -0.143. The Kier molecular flexibility index (Phi) is 10.8. The van der Waals surface area contributed by atoms with Crippen LogP contribution < -0.4 is 27.8 Å². The number of carbonyl (C=O) groups is 3. The second-order valence-corrected chi connectivity index (χ2v) is 6.33. The van der Waals surface area contributed by atoms with Gasteiger partial charge in [0.15, 0.2) is 5.96 Å². The van der Waals surface area contributed by atoms with Gasteiger partial charge in [0, 0.05) is 6.54 Å². The fraction of sp³-hybridized carbons (Fsp3) is 0.474. The van der Waals surface area contributed by atoms with Crippen molar-refractivity contribution in [1.82, 2.24) is 10.6 Å². The SMILES string of the molecule is CCOC(=O)CNC(=O)C(CCCN=C(N)N)NC(=O)C(N)Cc1ccccc1. The molecule has 0 bridgehead atoms. The smallest absolute Gasteiger partial charge is 0.325 e. The molecule has 0 aliphatic carbocycles. The summed E-state index contributed by atoms with van der Waals surface area (Å²) < 4.78 is 4.78. The van der Waals surface area contributed by atoms with Gasteiger partial charge < -0.3 is 32.6 Å². The van der Waals surface area contributed by atoms with Crippen LogP contribution in [0.2, 0.25) is 0 Å². The Morgan fingerprint density at radius 2 is 1.83 bits per heavy atom. The molecule has 1 aromatic carbocycles. The van der Waals surface area contributed by atoms with Crippen LogP contribution in [0.15, 0.2) is 35.3 Å². The van der Waals surface area contributed by atoms with Crippen LogP contribution in [0.25, 0.3) is 0 Å². The topological polar surface area (TPSA) is 175 Å². The monoisotopic (exact) mass is 406 g/mol. The number of hydrogen-bond acceptors (Lipinski definition) is 6. The standard InChI is InChI=1S/C19H30N6O4/c1-2-29-16(26)12-24-18(28)15(9-6-10-23-19(21)22)25-17(27)14(20)11-13-7-4-3-5-8-13/h3-5,7-8,14-15H,2,6,9-12,20H2,1H3,(H,24,28)(H,25,27)(H4,21,22,23). The van der Waals surface area contributed by atoms with Crippen molar-refractivity contribution in [3.8, 4) is 0 Å². The first-order chi connectivity index (χ1) is 13.8. The van der Waals surface area contributed by atoms with E-state index in [9.17, 15) is 14.4 Å². The van der Waals surface area contributed by atoms with E-state index in [1.165, 1.54) is 0 Å². The van der Waals surface area contributed by atoms with Crippen molar-refractivity contribution in [3.63, 3.8) is 0 Å². The molecule has 10 nitrogen and oxygen atoms in total. The minimum absolute atomic E-state index is 0.0535. The van der Waals surface area contributed by atoms with E-state index in [0.717, 1.165) is 5.56 Å². The molecule has 2 amide bonds. The Balaban J connectivity index is 2.67. The zero-order valence-corrected chi connectivity index (χ0v) is 16.6. The summed E-state index contributed by atoms with van der Waals surface area (Å²) in [5, 5.41) is 5.10. The minimum Gasteiger partial charge on any atom is -0.465 e. The number of aliphatic imine (C=N–C) groups is 1. The van der Waals surface area contributed by atoms with Gasteiger partial charge in [-0.2, -0.15) is 0 Å². The van der Waals surface area contributed by atoms with Crippen LogP contribution in [0.1, 0.15) is 25.3 Å². The number of hydrogen-bond donors (Lipinski definition) is 5. The van der Waals surface area contributed by atoms with Crippen LogP contribution >= 0.6 is 0 Å². The van der Waals surface area contributed by atoms with Gasteiger partial charge in [0.25, 0.3) is 0 Å². The van der Waals surface area contributed by atoms with Gasteiger partial charge in [-0.05, 0) is 31.7 Å². The normalized spacial score (nSPS) is 12.3. The van der Waals surface area contributed by atoms with Crippen LogP contribution in [0.3, 0.4) is 0 Å². The lowest BCUT2D eigenvalue weighted by atomic mass is 10.0. The fourth-order valence-corrected chi connectivity index (χ4v) is 2.51. The molecule has 29 heavy (non-hydrogen) atoms. The summed E-state index contributed by atoms with van der Waals surface area (Å²) >= 11 is 0. The van der Waals surface area contributed by atoms with E-state index in [0.29, 0.717) is 19.4 Å². The zero-order chi connectivity index (χ0) is 21.6. The van der Waals surface area contributed by atoms with Crippen molar-refractivity contribution in [2.75, 3.05) is 19.7 Å². The lowest BCUT2D eigenvalue weighted by Gasteiger charge is -2.20. The van der Waals surface area contributed by atoms with Crippen molar-refractivity contribution in [2.45, 2.75) is 38.3 Å². The third kappa shape index (κ3) is 10.1. The van der Waals surface area contributed by atoms with E-state index in [1.54, 1.807) is 6.92 Å². The first kappa shape index (κ1) is 23.9. The van der Waals surface area contributed by atoms with Gasteiger partial charge in [-0.3, -0.25) is 19.4 Å². The molecule has 0 saturated heterocycles. The third-order valence-electron chi connectivity index (χ3n) is 3.93. The van der Waals surface area contributed by atoms with Crippen LogP contribution in [0.5, 0.6) is 0 Å². The molecule has 2 atom stereocenters. The average Bonchev–Trinajstić information content (AvgIpc) is 2.69. The molecule has 0 fully saturated rings. The molecule has 0 spiro atoms. The number of nitrogens with zero attached hydrogens (tertiary/aromatic N) is 1. The van der Waals surface area contributed by atoms with E-state index >= 15 is 0 Å². The highest BCUT2D eigenvalue weighted by atomic mass is 16.5. The van der Waals surface area contributed by atoms with Crippen molar-refractivity contribution < 1.29 is 19.1 Å². The number of carbonyl (C=O) groups excluding carboxylic acids is 3. The Morgan fingerprint density at radius 3 is 2.45 bits per heavy atom. The highest BCUT2D eigenvalue weighted by molar-refractivity contribution is 5.91. The predicted molar refractivity (Wildman–Crippen MR) is 110 cm³/mol. The molecule has 10 heteroatoms. The maximum absolute atomic E-state index is 12.5. The summed E-state index contributed by atoms with van der Waals surface area (Å²) in [5.74, 6) is -1.59. The van der Waals surface area contributed by atoms with Crippen molar-refractivity contribution in [3.05, 3.63) is 35.9 Å². The Hall–Kier alpha value is -3.14. The van der Waals surface area contributed by atoms with E-state index in [2.05, 4.69) is 15.6 Å². The second kappa shape index (κ2) is 13.1. The van der Waals surface area contributed by atoms with E-state index < -0.39 is 29.9 Å². The molecule has 0 aliphatic heterocycles. The van der Waals surface area contributed by atoms with Gasteiger partial charge in [0.2, 0.25) is 11.8 Å². The molecule has 1 aromatic rings. The Labute approximate surface area is 170 Å². The van der Waals surface area contributed by atoms with Crippen molar-refractivity contribution in [2.24, 2.45) is 22.2 Å². The van der Waals surface area contributed by atoms with Gasteiger partial charge in [-0.1, -0.05) is 30.3 Å². The van der Waals surface area contributed by atoms with Crippen LogP contribution in [0, 0.1) is 0 Å². The molecular formula is C19H30N6O4. The second-order valence-electron chi connectivity index (χ2n) is 6.33. The van der Waals surface area contributed by atoms with Gasteiger partial charge in [0.05, 0.1) is 12.6 Å². The number of nitrogens with one attached hydrogen (secondary N) is 2. The molecule has 0 aromatic heterocycles. The highest BCUT2D eigenvalue weighted by Crippen LogP contribution is 2.04. The Morgan fingerprint density at radius 1 is 1.14 bits per heavy atom. The van der Waals surface area contributed by atoms with Gasteiger partial charge in [-0.15, -0.1) is 0 Å². The molecule has 0 heterocycles. The minimum atomic E-state index is -0.882. The van der Waals surface area contributed by atoms with Gasteiger partial charge in [-0.25, -0.2) is 0 Å². The fourth-order valence-electron chi connectivity index (χ4n) is 2.51. The highest BCUT2D eigenvalue weighted by Gasteiger charge is 2.24. The third-order valence-corrected chi connectivity index (χ3v) is 3.93. The number of rotatable bonds is 12. The van der Waals surface area contributed by atoms with E-state index in [4.69, 9.17) is 21.9 Å². The number of amides is 2. The first-order valence-electron chi connectivity index (χ1n) is 9.42. The zero-order valence-electron chi connectivity index (χ0n) is 16.6. The van der Waals surface area contributed by atoms with Crippen molar-refractivity contribution >= 4 is 23.7 Å². The summed E-state index contributed by atoms with van der Waals surface area (Å²) in [6, 6.07) is 7.61.